The Morgan fingerprint density at radius 1 is 1.13 bits per heavy atom. The van der Waals surface area contributed by atoms with Gasteiger partial charge in [-0.3, -0.25) is 9.59 Å². The van der Waals surface area contributed by atoms with Crippen molar-refractivity contribution < 1.29 is 22.8 Å². The zero-order valence-corrected chi connectivity index (χ0v) is 13.2. The van der Waals surface area contributed by atoms with E-state index in [2.05, 4.69) is 5.32 Å². The summed E-state index contributed by atoms with van der Waals surface area (Å²) in [4.78, 5) is 25.5. The minimum atomic E-state index is -4.50. The van der Waals surface area contributed by atoms with E-state index >= 15 is 0 Å². The monoisotopic (exact) mass is 330 g/mol. The number of halogens is 3. The first-order valence-electron chi connectivity index (χ1n) is 7.57. The van der Waals surface area contributed by atoms with Crippen LogP contribution in [0.25, 0.3) is 0 Å². The van der Waals surface area contributed by atoms with Gasteiger partial charge in [0, 0.05) is 18.8 Å². The molecule has 0 radical (unpaired) electrons. The van der Waals surface area contributed by atoms with Crippen LogP contribution in [0.2, 0.25) is 0 Å². The molecule has 0 unspecified atom stereocenters. The van der Waals surface area contributed by atoms with E-state index in [-0.39, 0.29) is 5.69 Å². The molecule has 0 aliphatic carbocycles. The molecular formula is C16H21F3N2O2. The maximum absolute atomic E-state index is 12.6. The normalized spacial score (nSPS) is 11.2. The van der Waals surface area contributed by atoms with Gasteiger partial charge in [0.2, 0.25) is 0 Å². The van der Waals surface area contributed by atoms with Crippen LogP contribution in [0, 0.1) is 0 Å². The van der Waals surface area contributed by atoms with Crippen molar-refractivity contribution in [1.29, 1.82) is 0 Å². The van der Waals surface area contributed by atoms with Crippen LogP contribution < -0.4 is 5.32 Å². The highest BCUT2D eigenvalue weighted by Crippen LogP contribution is 2.30. The van der Waals surface area contributed by atoms with Gasteiger partial charge in [-0.15, -0.1) is 0 Å². The van der Waals surface area contributed by atoms with Crippen LogP contribution in [0.3, 0.4) is 0 Å². The van der Waals surface area contributed by atoms with Gasteiger partial charge >= 0.3 is 18.0 Å². The van der Waals surface area contributed by atoms with Gasteiger partial charge in [0.05, 0.1) is 5.56 Å². The lowest BCUT2D eigenvalue weighted by Gasteiger charge is -2.21. The molecule has 0 aliphatic rings. The lowest BCUT2D eigenvalue weighted by molar-refractivity contribution is -0.143. The molecule has 0 atom stereocenters. The number of amides is 2. The van der Waals surface area contributed by atoms with Crippen LogP contribution >= 0.6 is 0 Å². The predicted octanol–water partition coefficient (Wildman–Crippen LogP) is 3.68. The van der Waals surface area contributed by atoms with Gasteiger partial charge in [-0.1, -0.05) is 26.3 Å². The number of hydrogen-bond donors (Lipinski definition) is 1. The topological polar surface area (TPSA) is 49.4 Å². The summed E-state index contributed by atoms with van der Waals surface area (Å²) < 4.78 is 37.9. The second kappa shape index (κ2) is 8.55. The largest absolute Gasteiger partial charge is 0.416 e. The lowest BCUT2D eigenvalue weighted by atomic mass is 10.2. The number of nitrogens with zero attached hydrogens (tertiary/aromatic N) is 1. The Kier molecular flexibility index (Phi) is 7.06. The van der Waals surface area contributed by atoms with Crippen molar-refractivity contribution in [2.45, 2.75) is 39.3 Å². The predicted molar refractivity (Wildman–Crippen MR) is 81.9 cm³/mol. The molecule has 0 fully saturated rings. The van der Waals surface area contributed by atoms with E-state index in [4.69, 9.17) is 0 Å². The smallest absolute Gasteiger partial charge is 0.334 e. The van der Waals surface area contributed by atoms with E-state index in [0.717, 1.165) is 25.0 Å². The molecule has 0 saturated carbocycles. The molecule has 0 spiro atoms. The van der Waals surface area contributed by atoms with Gasteiger partial charge in [0.1, 0.15) is 0 Å². The summed E-state index contributed by atoms with van der Waals surface area (Å²) in [6.45, 7) is 4.75. The molecule has 128 valence electrons. The molecular weight excluding hydrogens is 309 g/mol. The fourth-order valence-electron chi connectivity index (χ4n) is 2.04. The molecule has 2 amide bonds. The maximum Gasteiger partial charge on any atom is 0.416 e. The van der Waals surface area contributed by atoms with Crippen molar-refractivity contribution in [1.82, 2.24) is 4.90 Å². The van der Waals surface area contributed by atoms with Gasteiger partial charge < -0.3 is 10.2 Å². The lowest BCUT2D eigenvalue weighted by Crippen LogP contribution is -2.40. The Morgan fingerprint density at radius 2 is 1.83 bits per heavy atom. The molecule has 0 bridgehead atoms. The third-order valence-electron chi connectivity index (χ3n) is 3.20. The molecule has 1 aromatic rings. The van der Waals surface area contributed by atoms with Crippen molar-refractivity contribution in [3.63, 3.8) is 0 Å². The molecule has 4 nitrogen and oxygen atoms in total. The Hall–Kier alpha value is -2.05. The fraction of sp³-hybridized carbons (Fsp3) is 0.500. The van der Waals surface area contributed by atoms with Crippen molar-refractivity contribution >= 4 is 17.5 Å². The standard InChI is InChI=1S/C16H21F3N2O2/c1-3-5-10-21(9-4-2)15(23)14(22)20-13-8-6-7-12(11-13)16(17,18)19/h6-8,11H,3-5,9-10H2,1-2H3,(H,20,22). The Morgan fingerprint density at radius 3 is 2.39 bits per heavy atom. The quantitative estimate of drug-likeness (QED) is 0.809. The molecule has 23 heavy (non-hydrogen) atoms. The number of benzene rings is 1. The van der Waals surface area contributed by atoms with Gasteiger partial charge in [-0.25, -0.2) is 0 Å². The summed E-state index contributed by atoms with van der Waals surface area (Å²) in [5.74, 6) is -1.65. The van der Waals surface area contributed by atoms with Gasteiger partial charge in [-0.05, 0) is 31.0 Å². The highest BCUT2D eigenvalue weighted by atomic mass is 19.4. The minimum absolute atomic E-state index is 0.0508. The van der Waals surface area contributed by atoms with Crippen LogP contribution in [0.5, 0.6) is 0 Å². The van der Waals surface area contributed by atoms with Crippen molar-refractivity contribution in [3.8, 4) is 0 Å². The molecule has 1 N–H and O–H groups in total. The SMILES string of the molecule is CCCCN(CCC)C(=O)C(=O)Nc1cccc(C(F)(F)F)c1. The Balaban J connectivity index is 2.79. The number of nitrogens with one attached hydrogen (secondary N) is 1. The number of hydrogen-bond acceptors (Lipinski definition) is 2. The number of unbranched alkanes of at least 4 members (excludes halogenated alkanes) is 1. The Bertz CT molecular complexity index is 544. The molecule has 0 aromatic heterocycles. The molecule has 7 heteroatoms. The summed E-state index contributed by atoms with van der Waals surface area (Å²) in [6.07, 6.45) is -2.16. The first-order chi connectivity index (χ1) is 10.8. The summed E-state index contributed by atoms with van der Waals surface area (Å²) in [6, 6.07) is 4.21. The first kappa shape index (κ1) is 19.0. The summed E-state index contributed by atoms with van der Waals surface area (Å²) in [5, 5.41) is 2.24. The summed E-state index contributed by atoms with van der Waals surface area (Å²) in [5.41, 5.74) is -0.927. The van der Waals surface area contributed by atoms with Crippen molar-refractivity contribution in [3.05, 3.63) is 29.8 Å². The van der Waals surface area contributed by atoms with E-state index in [1.807, 2.05) is 13.8 Å². The highest BCUT2D eigenvalue weighted by Gasteiger charge is 2.30. The summed E-state index contributed by atoms with van der Waals surface area (Å²) in [7, 11) is 0. The molecule has 1 rings (SSSR count). The number of anilines is 1. The van der Waals surface area contributed by atoms with Crippen LogP contribution in [0.15, 0.2) is 24.3 Å². The number of carbonyl (C=O) groups excluding carboxylic acids is 2. The Labute approximate surface area is 133 Å². The first-order valence-corrected chi connectivity index (χ1v) is 7.57. The number of rotatable bonds is 6. The summed E-state index contributed by atoms with van der Waals surface area (Å²) >= 11 is 0. The molecule has 1 aromatic carbocycles. The maximum atomic E-state index is 12.6. The van der Waals surface area contributed by atoms with Crippen molar-refractivity contribution in [2.75, 3.05) is 18.4 Å². The fourth-order valence-corrected chi connectivity index (χ4v) is 2.04. The zero-order valence-electron chi connectivity index (χ0n) is 13.2. The highest BCUT2D eigenvalue weighted by molar-refractivity contribution is 6.39. The third-order valence-corrected chi connectivity index (χ3v) is 3.20. The van der Waals surface area contributed by atoms with Crippen LogP contribution in [-0.2, 0) is 15.8 Å². The zero-order chi connectivity index (χ0) is 17.5. The second-order valence-electron chi connectivity index (χ2n) is 5.18. The van der Waals surface area contributed by atoms with E-state index in [1.54, 1.807) is 0 Å². The molecule has 0 aliphatic heterocycles. The van der Waals surface area contributed by atoms with E-state index in [1.165, 1.54) is 17.0 Å². The average Bonchev–Trinajstić information content (AvgIpc) is 2.50. The van der Waals surface area contributed by atoms with Gasteiger partial charge in [-0.2, -0.15) is 13.2 Å². The number of alkyl halides is 3. The minimum Gasteiger partial charge on any atom is -0.334 e. The third kappa shape index (κ3) is 5.92. The van der Waals surface area contributed by atoms with Gasteiger partial charge in [0.15, 0.2) is 0 Å². The van der Waals surface area contributed by atoms with E-state index in [0.29, 0.717) is 19.5 Å². The molecule has 0 saturated heterocycles. The van der Waals surface area contributed by atoms with E-state index < -0.39 is 23.6 Å². The second-order valence-corrected chi connectivity index (χ2v) is 5.18. The van der Waals surface area contributed by atoms with E-state index in [9.17, 15) is 22.8 Å². The van der Waals surface area contributed by atoms with Crippen LogP contribution in [-0.4, -0.2) is 29.8 Å². The average molecular weight is 330 g/mol. The van der Waals surface area contributed by atoms with Gasteiger partial charge in [0.25, 0.3) is 0 Å². The van der Waals surface area contributed by atoms with Crippen molar-refractivity contribution in [2.24, 2.45) is 0 Å². The molecule has 0 heterocycles. The number of carbonyl (C=O) groups is 2. The van der Waals surface area contributed by atoms with Crippen LogP contribution in [0.1, 0.15) is 38.7 Å². The van der Waals surface area contributed by atoms with Crippen LogP contribution in [0.4, 0.5) is 18.9 Å².